The number of anilines is 1. The summed E-state index contributed by atoms with van der Waals surface area (Å²) in [5.74, 6) is -1.34. The molecule has 1 saturated heterocycles. The van der Waals surface area contributed by atoms with E-state index in [1.54, 1.807) is 25.1 Å². The Balaban J connectivity index is 1.57. The number of phenolic OH excluding ortho intramolecular Hbond substituents is 1. The van der Waals surface area contributed by atoms with Crippen LogP contribution in [0.15, 0.2) is 66.2 Å². The first kappa shape index (κ1) is 25.1. The first-order valence-corrected chi connectivity index (χ1v) is 11.6. The number of rotatable bonds is 7. The third-order valence-electron chi connectivity index (χ3n) is 5.21. The molecule has 0 bridgehead atoms. The number of amides is 4. The summed E-state index contributed by atoms with van der Waals surface area (Å²) >= 11 is 12.2. The minimum atomic E-state index is -0.884. The summed E-state index contributed by atoms with van der Waals surface area (Å²) in [4.78, 5) is 39.0. The van der Waals surface area contributed by atoms with E-state index in [9.17, 15) is 19.5 Å². The van der Waals surface area contributed by atoms with E-state index in [0.717, 1.165) is 10.5 Å². The predicted molar refractivity (Wildman–Crippen MR) is 136 cm³/mol. The maximum Gasteiger partial charge on any atom is 0.335 e. The number of nitrogens with zero attached hydrogens (tertiary/aromatic N) is 1. The number of ether oxygens (including phenoxy) is 2. The SMILES string of the molecule is CCOc1cc(/C=C2\C(=O)NC(=O)N(c3ccc(OCc4ccccc4Cl)cc3)C2=O)cc(Cl)c1O. The fraction of sp³-hybridized carbons (Fsp3) is 0.115. The Labute approximate surface area is 216 Å². The summed E-state index contributed by atoms with van der Waals surface area (Å²) in [6.07, 6.45) is 1.27. The van der Waals surface area contributed by atoms with Crippen molar-refractivity contribution in [2.75, 3.05) is 11.5 Å². The molecule has 8 nitrogen and oxygen atoms in total. The second-order valence-corrected chi connectivity index (χ2v) is 8.43. The Morgan fingerprint density at radius 2 is 1.69 bits per heavy atom. The van der Waals surface area contributed by atoms with E-state index in [4.69, 9.17) is 32.7 Å². The zero-order valence-electron chi connectivity index (χ0n) is 19.0. The van der Waals surface area contributed by atoms with E-state index in [-0.39, 0.29) is 41.0 Å². The number of carbonyl (C=O) groups excluding carboxylic acids is 3. The van der Waals surface area contributed by atoms with E-state index in [2.05, 4.69) is 5.32 Å². The molecule has 184 valence electrons. The van der Waals surface area contributed by atoms with Crippen LogP contribution in [0.1, 0.15) is 18.1 Å². The van der Waals surface area contributed by atoms with Gasteiger partial charge in [-0.2, -0.15) is 0 Å². The average Bonchev–Trinajstić information content (AvgIpc) is 2.85. The van der Waals surface area contributed by atoms with Crippen LogP contribution in [0.5, 0.6) is 17.2 Å². The summed E-state index contributed by atoms with van der Waals surface area (Å²) < 4.78 is 11.1. The van der Waals surface area contributed by atoms with Crippen LogP contribution >= 0.6 is 23.2 Å². The molecule has 3 aromatic carbocycles. The van der Waals surface area contributed by atoms with Gasteiger partial charge in [-0.25, -0.2) is 9.69 Å². The van der Waals surface area contributed by atoms with Crippen molar-refractivity contribution in [3.05, 3.63) is 87.4 Å². The highest BCUT2D eigenvalue weighted by atomic mass is 35.5. The van der Waals surface area contributed by atoms with Gasteiger partial charge in [0.15, 0.2) is 11.5 Å². The van der Waals surface area contributed by atoms with E-state index in [1.165, 1.54) is 30.3 Å². The summed E-state index contributed by atoms with van der Waals surface area (Å²) in [6, 6.07) is 15.5. The normalized spacial score (nSPS) is 14.7. The number of hydrogen-bond acceptors (Lipinski definition) is 6. The summed E-state index contributed by atoms with van der Waals surface area (Å²) in [5, 5.41) is 12.8. The Hall–Kier alpha value is -4.01. The second kappa shape index (κ2) is 10.7. The molecule has 0 spiro atoms. The van der Waals surface area contributed by atoms with Gasteiger partial charge < -0.3 is 14.6 Å². The Morgan fingerprint density at radius 3 is 2.39 bits per heavy atom. The molecule has 36 heavy (non-hydrogen) atoms. The van der Waals surface area contributed by atoms with Gasteiger partial charge in [-0.1, -0.05) is 41.4 Å². The van der Waals surface area contributed by atoms with Crippen LogP contribution in [0, 0.1) is 0 Å². The Bertz CT molecular complexity index is 1370. The molecule has 1 heterocycles. The molecule has 0 saturated carbocycles. The monoisotopic (exact) mass is 526 g/mol. The quantitative estimate of drug-likeness (QED) is 0.318. The van der Waals surface area contributed by atoms with Crippen molar-refractivity contribution in [1.82, 2.24) is 5.32 Å². The van der Waals surface area contributed by atoms with Crippen LogP contribution in [0.25, 0.3) is 6.08 Å². The number of barbiturate groups is 1. The summed E-state index contributed by atoms with van der Waals surface area (Å²) in [7, 11) is 0. The maximum atomic E-state index is 13.2. The fourth-order valence-corrected chi connectivity index (χ4v) is 3.88. The van der Waals surface area contributed by atoms with Crippen molar-refractivity contribution in [2.45, 2.75) is 13.5 Å². The molecule has 4 amide bonds. The second-order valence-electron chi connectivity index (χ2n) is 7.61. The van der Waals surface area contributed by atoms with Crippen LogP contribution in [0.4, 0.5) is 10.5 Å². The number of imide groups is 2. The van der Waals surface area contributed by atoms with Gasteiger partial charge >= 0.3 is 6.03 Å². The van der Waals surface area contributed by atoms with E-state index >= 15 is 0 Å². The number of aromatic hydroxyl groups is 1. The molecular formula is C26H20Cl2N2O6. The topological polar surface area (TPSA) is 105 Å². The first-order chi connectivity index (χ1) is 17.3. The van der Waals surface area contributed by atoms with Crippen LogP contribution < -0.4 is 19.7 Å². The number of halogens is 2. The van der Waals surface area contributed by atoms with Gasteiger partial charge in [0, 0.05) is 10.6 Å². The van der Waals surface area contributed by atoms with Crippen LogP contribution in [0.3, 0.4) is 0 Å². The largest absolute Gasteiger partial charge is 0.503 e. The molecule has 1 fully saturated rings. The van der Waals surface area contributed by atoms with Gasteiger partial charge in [0.2, 0.25) is 0 Å². The third-order valence-corrected chi connectivity index (χ3v) is 5.87. The highest BCUT2D eigenvalue weighted by molar-refractivity contribution is 6.39. The molecule has 0 unspecified atom stereocenters. The van der Waals surface area contributed by atoms with Crippen molar-refractivity contribution >= 4 is 52.8 Å². The lowest BCUT2D eigenvalue weighted by molar-refractivity contribution is -0.122. The number of carbonyl (C=O) groups is 3. The lowest BCUT2D eigenvalue weighted by Gasteiger charge is -2.26. The van der Waals surface area contributed by atoms with Crippen molar-refractivity contribution in [2.24, 2.45) is 0 Å². The molecule has 0 atom stereocenters. The molecule has 3 aromatic rings. The zero-order chi connectivity index (χ0) is 25.8. The standard InChI is InChI=1S/C26H20Cl2N2O6/c1-2-35-22-13-15(12-21(28)23(22)31)11-19-24(32)29-26(34)30(25(19)33)17-7-9-18(10-8-17)36-14-16-5-3-4-6-20(16)27/h3-13,31H,2,14H2,1H3,(H,29,32,34)/b19-11+. The van der Waals surface area contributed by atoms with E-state index in [1.807, 2.05) is 18.2 Å². The van der Waals surface area contributed by atoms with E-state index in [0.29, 0.717) is 16.3 Å². The smallest absolute Gasteiger partial charge is 0.335 e. The lowest BCUT2D eigenvalue weighted by atomic mass is 10.1. The number of benzene rings is 3. The predicted octanol–water partition coefficient (Wildman–Crippen LogP) is 5.34. The highest BCUT2D eigenvalue weighted by Gasteiger charge is 2.36. The number of nitrogens with one attached hydrogen (secondary N) is 1. The van der Waals surface area contributed by atoms with Crippen molar-refractivity contribution in [3.8, 4) is 17.2 Å². The van der Waals surface area contributed by atoms with Gasteiger partial charge in [0.1, 0.15) is 17.9 Å². The summed E-state index contributed by atoms with van der Waals surface area (Å²) in [6.45, 7) is 2.24. The van der Waals surface area contributed by atoms with Gasteiger partial charge in [-0.15, -0.1) is 0 Å². The molecular weight excluding hydrogens is 507 g/mol. The fourth-order valence-electron chi connectivity index (χ4n) is 3.47. The first-order valence-electron chi connectivity index (χ1n) is 10.8. The van der Waals surface area contributed by atoms with Gasteiger partial charge in [0.05, 0.1) is 17.3 Å². The number of hydrogen-bond donors (Lipinski definition) is 2. The third kappa shape index (κ3) is 5.30. The Kier molecular flexibility index (Phi) is 7.47. The van der Waals surface area contributed by atoms with Crippen LogP contribution in [-0.2, 0) is 16.2 Å². The zero-order valence-corrected chi connectivity index (χ0v) is 20.5. The van der Waals surface area contributed by atoms with Crippen LogP contribution in [-0.4, -0.2) is 29.6 Å². The molecule has 0 aliphatic carbocycles. The molecule has 1 aliphatic rings. The number of phenols is 1. The summed E-state index contributed by atoms with van der Waals surface area (Å²) in [5.41, 5.74) is 1.08. The molecule has 0 radical (unpaired) electrons. The molecule has 10 heteroatoms. The van der Waals surface area contributed by atoms with Gasteiger partial charge in [-0.05, 0) is 61.0 Å². The highest BCUT2D eigenvalue weighted by Crippen LogP contribution is 2.36. The number of urea groups is 1. The maximum absolute atomic E-state index is 13.2. The van der Waals surface area contributed by atoms with Crippen LogP contribution in [0.2, 0.25) is 10.0 Å². The Morgan fingerprint density at radius 1 is 0.972 bits per heavy atom. The van der Waals surface area contributed by atoms with Crippen molar-refractivity contribution in [1.29, 1.82) is 0 Å². The average molecular weight is 527 g/mol. The van der Waals surface area contributed by atoms with Gasteiger partial charge in [-0.3, -0.25) is 14.9 Å². The lowest BCUT2D eigenvalue weighted by Crippen LogP contribution is -2.54. The van der Waals surface area contributed by atoms with E-state index < -0.39 is 17.8 Å². The minimum absolute atomic E-state index is 0.0169. The molecule has 2 N–H and O–H groups in total. The molecule has 4 rings (SSSR count). The minimum Gasteiger partial charge on any atom is -0.503 e. The van der Waals surface area contributed by atoms with Gasteiger partial charge in [0.25, 0.3) is 11.8 Å². The molecule has 1 aliphatic heterocycles. The van der Waals surface area contributed by atoms with Crippen molar-refractivity contribution in [3.63, 3.8) is 0 Å². The molecule has 0 aromatic heterocycles. The van der Waals surface area contributed by atoms with Crippen molar-refractivity contribution < 1.29 is 29.0 Å².